The fourth-order valence-electron chi connectivity index (χ4n) is 3.40. The van der Waals surface area contributed by atoms with Crippen LogP contribution < -0.4 is 4.74 Å². The Kier molecular flexibility index (Phi) is 6.52. The van der Waals surface area contributed by atoms with E-state index in [0.717, 1.165) is 32.7 Å². The molecule has 0 aromatic heterocycles. The second-order valence-electron chi connectivity index (χ2n) is 7.10. The van der Waals surface area contributed by atoms with Gasteiger partial charge in [-0.1, -0.05) is 35.9 Å². The lowest BCUT2D eigenvalue weighted by atomic mass is 10.1. The maximum Gasteiger partial charge on any atom is 0.179 e. The molecule has 1 aliphatic rings. The van der Waals surface area contributed by atoms with Gasteiger partial charge in [-0.15, -0.1) is 0 Å². The van der Waals surface area contributed by atoms with Gasteiger partial charge in [-0.05, 0) is 30.7 Å². The highest BCUT2D eigenvalue weighted by Gasteiger charge is 2.21. The van der Waals surface area contributed by atoms with Crippen molar-refractivity contribution in [1.29, 1.82) is 0 Å². The number of ether oxygens (including phenoxy) is 1. The summed E-state index contributed by atoms with van der Waals surface area (Å²) in [6, 6.07) is 15.3. The molecule has 146 valence electrons. The number of nitrogens with zero attached hydrogens (tertiary/aromatic N) is 2. The third-order valence-corrected chi connectivity index (χ3v) is 6.72. The Morgan fingerprint density at radius 3 is 2.37 bits per heavy atom. The highest BCUT2D eigenvalue weighted by Crippen LogP contribution is 2.18. The van der Waals surface area contributed by atoms with Crippen LogP contribution in [-0.2, 0) is 16.4 Å². The van der Waals surface area contributed by atoms with Crippen molar-refractivity contribution in [2.45, 2.75) is 18.4 Å². The van der Waals surface area contributed by atoms with Gasteiger partial charge in [-0.3, -0.25) is 9.80 Å². The zero-order valence-electron chi connectivity index (χ0n) is 16.1. The van der Waals surface area contributed by atoms with Gasteiger partial charge < -0.3 is 4.74 Å². The Balaban J connectivity index is 1.49. The summed E-state index contributed by atoms with van der Waals surface area (Å²) < 4.78 is 30.3. The van der Waals surface area contributed by atoms with Crippen molar-refractivity contribution < 1.29 is 13.2 Å². The van der Waals surface area contributed by atoms with Crippen LogP contribution in [0.1, 0.15) is 11.1 Å². The van der Waals surface area contributed by atoms with Crippen molar-refractivity contribution in [2.24, 2.45) is 0 Å². The highest BCUT2D eigenvalue weighted by atomic mass is 32.2. The van der Waals surface area contributed by atoms with E-state index in [1.165, 1.54) is 11.1 Å². The molecule has 1 heterocycles. The number of piperazine rings is 1. The lowest BCUT2D eigenvalue weighted by molar-refractivity contribution is 0.132. The van der Waals surface area contributed by atoms with E-state index in [4.69, 9.17) is 4.74 Å². The molecule has 0 radical (unpaired) electrons. The zero-order valence-corrected chi connectivity index (χ0v) is 16.9. The van der Waals surface area contributed by atoms with Gasteiger partial charge in [-0.2, -0.15) is 0 Å². The fourth-order valence-corrected chi connectivity index (χ4v) is 4.72. The summed E-state index contributed by atoms with van der Waals surface area (Å²) in [5, 5.41) is 0. The summed E-state index contributed by atoms with van der Waals surface area (Å²) in [7, 11) is -1.75. The van der Waals surface area contributed by atoms with E-state index in [1.807, 2.05) is 0 Å². The molecule has 0 spiro atoms. The average Bonchev–Trinajstić information content (AvgIpc) is 2.67. The summed E-state index contributed by atoms with van der Waals surface area (Å²) in [5.41, 5.74) is 2.62. The molecule has 1 aliphatic heterocycles. The molecule has 0 unspecified atom stereocenters. The van der Waals surface area contributed by atoms with Gasteiger partial charge in [-0.25, -0.2) is 8.42 Å². The van der Waals surface area contributed by atoms with Gasteiger partial charge in [0, 0.05) is 39.3 Å². The van der Waals surface area contributed by atoms with Crippen LogP contribution in [0.15, 0.2) is 53.4 Å². The Bertz CT molecular complexity index is 859. The first-order valence-electron chi connectivity index (χ1n) is 9.33. The van der Waals surface area contributed by atoms with E-state index in [-0.39, 0.29) is 5.75 Å². The van der Waals surface area contributed by atoms with E-state index >= 15 is 0 Å². The van der Waals surface area contributed by atoms with Crippen LogP contribution in [0.5, 0.6) is 5.75 Å². The minimum Gasteiger partial charge on any atom is -0.497 e. The largest absolute Gasteiger partial charge is 0.497 e. The number of benzene rings is 2. The summed E-state index contributed by atoms with van der Waals surface area (Å²) in [6.07, 6.45) is 0. The van der Waals surface area contributed by atoms with E-state index < -0.39 is 9.84 Å². The van der Waals surface area contributed by atoms with E-state index in [1.54, 1.807) is 31.4 Å². The van der Waals surface area contributed by atoms with Gasteiger partial charge in [0.25, 0.3) is 0 Å². The van der Waals surface area contributed by atoms with Crippen LogP contribution in [0.4, 0.5) is 0 Å². The summed E-state index contributed by atoms with van der Waals surface area (Å²) in [4.78, 5) is 5.01. The van der Waals surface area contributed by atoms with Gasteiger partial charge in [0.05, 0.1) is 17.8 Å². The molecule has 0 aliphatic carbocycles. The number of sulfone groups is 1. The Morgan fingerprint density at radius 1 is 0.963 bits per heavy atom. The molecule has 2 aromatic carbocycles. The molecule has 6 heteroatoms. The summed E-state index contributed by atoms with van der Waals surface area (Å²) >= 11 is 0. The van der Waals surface area contributed by atoms with Gasteiger partial charge in [0.1, 0.15) is 5.75 Å². The Morgan fingerprint density at radius 2 is 1.67 bits per heavy atom. The normalized spacial score (nSPS) is 16.4. The molecule has 0 atom stereocenters. The predicted molar refractivity (Wildman–Crippen MR) is 108 cm³/mol. The highest BCUT2D eigenvalue weighted by molar-refractivity contribution is 7.91. The molecular formula is C21H28N2O3S. The predicted octanol–water partition coefficient (Wildman–Crippen LogP) is 2.60. The molecular weight excluding hydrogens is 360 g/mol. The quantitative estimate of drug-likeness (QED) is 0.730. The number of rotatable bonds is 7. The third kappa shape index (κ3) is 5.54. The molecule has 0 bridgehead atoms. The van der Waals surface area contributed by atoms with Crippen LogP contribution in [-0.4, -0.2) is 63.8 Å². The molecule has 27 heavy (non-hydrogen) atoms. The van der Waals surface area contributed by atoms with Crippen molar-refractivity contribution in [2.75, 3.05) is 45.6 Å². The second kappa shape index (κ2) is 8.87. The average molecular weight is 389 g/mol. The van der Waals surface area contributed by atoms with Crippen LogP contribution in [0.3, 0.4) is 0 Å². The second-order valence-corrected chi connectivity index (χ2v) is 9.21. The Labute approximate surface area is 162 Å². The first-order valence-corrected chi connectivity index (χ1v) is 11.0. The first kappa shape index (κ1) is 19.9. The number of methoxy groups -OCH3 is 1. The first-order chi connectivity index (χ1) is 13.0. The van der Waals surface area contributed by atoms with Crippen LogP contribution in [0.2, 0.25) is 0 Å². The van der Waals surface area contributed by atoms with E-state index in [2.05, 4.69) is 41.0 Å². The van der Waals surface area contributed by atoms with Crippen molar-refractivity contribution in [1.82, 2.24) is 9.80 Å². The topological polar surface area (TPSA) is 49.9 Å². The minimum atomic E-state index is -3.29. The maximum absolute atomic E-state index is 12.6. The smallest absolute Gasteiger partial charge is 0.179 e. The number of hydrogen-bond donors (Lipinski definition) is 0. The zero-order chi connectivity index (χ0) is 19.3. The van der Waals surface area contributed by atoms with Gasteiger partial charge in [0.2, 0.25) is 0 Å². The van der Waals surface area contributed by atoms with Gasteiger partial charge in [0.15, 0.2) is 9.84 Å². The molecule has 0 N–H and O–H groups in total. The molecule has 5 nitrogen and oxygen atoms in total. The van der Waals surface area contributed by atoms with Crippen molar-refractivity contribution in [3.05, 3.63) is 59.7 Å². The third-order valence-electron chi connectivity index (χ3n) is 5.03. The number of aryl methyl sites for hydroxylation is 1. The summed E-state index contributed by atoms with van der Waals surface area (Å²) in [6.45, 7) is 7.37. The SMILES string of the molecule is COc1cccc(S(=O)(=O)CCN2CCN(Cc3cccc(C)c3)CC2)c1. The molecule has 0 amide bonds. The molecule has 0 saturated carbocycles. The minimum absolute atomic E-state index is 0.137. The van der Waals surface area contributed by atoms with Crippen LogP contribution in [0, 0.1) is 6.92 Å². The standard InChI is InChI=1S/C21H28N2O3S/c1-18-5-3-6-19(15-18)17-23-11-9-22(10-12-23)13-14-27(24,25)21-8-4-7-20(16-21)26-2/h3-8,15-16H,9-14,17H2,1-2H3. The molecule has 1 fully saturated rings. The molecule has 2 aromatic rings. The van der Waals surface area contributed by atoms with Crippen LogP contribution in [0.25, 0.3) is 0 Å². The number of hydrogen-bond acceptors (Lipinski definition) is 5. The lowest BCUT2D eigenvalue weighted by Crippen LogP contribution is -2.47. The monoisotopic (exact) mass is 388 g/mol. The van der Waals surface area contributed by atoms with Crippen molar-refractivity contribution >= 4 is 9.84 Å². The Hall–Kier alpha value is -1.89. The maximum atomic E-state index is 12.6. The van der Waals surface area contributed by atoms with E-state index in [0.29, 0.717) is 17.2 Å². The van der Waals surface area contributed by atoms with Gasteiger partial charge >= 0.3 is 0 Å². The van der Waals surface area contributed by atoms with Crippen molar-refractivity contribution in [3.8, 4) is 5.75 Å². The van der Waals surface area contributed by atoms with Crippen molar-refractivity contribution in [3.63, 3.8) is 0 Å². The molecule has 1 saturated heterocycles. The molecule has 3 rings (SSSR count). The lowest BCUT2D eigenvalue weighted by Gasteiger charge is -2.34. The van der Waals surface area contributed by atoms with Crippen LogP contribution >= 0.6 is 0 Å². The summed E-state index contributed by atoms with van der Waals surface area (Å²) in [5.74, 6) is 0.707. The fraction of sp³-hybridized carbons (Fsp3) is 0.429. The van der Waals surface area contributed by atoms with E-state index in [9.17, 15) is 8.42 Å².